The second-order valence-electron chi connectivity index (χ2n) is 4.24. The summed E-state index contributed by atoms with van der Waals surface area (Å²) in [5, 5.41) is 12.9. The Morgan fingerprint density at radius 2 is 2.26 bits per heavy atom. The summed E-state index contributed by atoms with van der Waals surface area (Å²) in [5.41, 5.74) is 4.89. The van der Waals surface area contributed by atoms with Crippen molar-refractivity contribution in [1.29, 1.82) is 0 Å². The van der Waals surface area contributed by atoms with Gasteiger partial charge in [-0.15, -0.1) is 0 Å². The summed E-state index contributed by atoms with van der Waals surface area (Å²) in [7, 11) is 0. The van der Waals surface area contributed by atoms with Gasteiger partial charge >= 0.3 is 0 Å². The third-order valence-electron chi connectivity index (χ3n) is 2.71. The van der Waals surface area contributed by atoms with Gasteiger partial charge in [0.1, 0.15) is 5.82 Å². The van der Waals surface area contributed by atoms with Crippen LogP contribution < -0.4 is 11.1 Å². The van der Waals surface area contributed by atoms with Gasteiger partial charge in [-0.1, -0.05) is 6.92 Å². The normalized spacial score (nSPS) is 11.9. The summed E-state index contributed by atoms with van der Waals surface area (Å²) < 4.78 is 13.5. The molecule has 0 heterocycles. The van der Waals surface area contributed by atoms with Crippen molar-refractivity contribution in [3.05, 3.63) is 34.1 Å². The third-order valence-corrected chi connectivity index (χ3v) is 2.71. The molecule has 1 amide bonds. The van der Waals surface area contributed by atoms with Crippen LogP contribution >= 0.6 is 0 Å². The third kappa shape index (κ3) is 4.29. The standard InChI is InChI=1S/C12H16FN3O3/c1-8(3-2-6-14)12(17)15-11-7-9(16(18)19)4-5-10(11)13/h4-5,7-8H,2-3,6,14H2,1H3,(H,15,17). The fourth-order valence-electron chi connectivity index (χ4n) is 1.53. The molecule has 0 aromatic heterocycles. The number of benzene rings is 1. The Hall–Kier alpha value is -2.02. The van der Waals surface area contributed by atoms with E-state index in [9.17, 15) is 19.3 Å². The van der Waals surface area contributed by atoms with E-state index in [1.54, 1.807) is 6.92 Å². The molecule has 1 aromatic carbocycles. The maximum atomic E-state index is 13.5. The lowest BCUT2D eigenvalue weighted by atomic mass is 10.0. The van der Waals surface area contributed by atoms with Crippen molar-refractivity contribution in [3.63, 3.8) is 0 Å². The first kappa shape index (κ1) is 15.0. The number of nitrogens with two attached hydrogens (primary N) is 1. The quantitative estimate of drug-likeness (QED) is 0.610. The molecule has 0 saturated carbocycles. The number of amides is 1. The molecule has 1 aromatic rings. The van der Waals surface area contributed by atoms with Crippen LogP contribution in [0.5, 0.6) is 0 Å². The van der Waals surface area contributed by atoms with Gasteiger partial charge in [-0.05, 0) is 25.5 Å². The van der Waals surface area contributed by atoms with Crippen LogP contribution in [0, 0.1) is 21.8 Å². The van der Waals surface area contributed by atoms with Crippen molar-refractivity contribution in [2.45, 2.75) is 19.8 Å². The zero-order valence-corrected chi connectivity index (χ0v) is 10.6. The number of nitro benzene ring substituents is 1. The number of rotatable bonds is 6. The molecule has 0 bridgehead atoms. The van der Waals surface area contributed by atoms with Crippen LogP contribution in [0.15, 0.2) is 18.2 Å². The molecule has 0 radical (unpaired) electrons. The number of hydrogen-bond acceptors (Lipinski definition) is 4. The van der Waals surface area contributed by atoms with E-state index >= 15 is 0 Å². The van der Waals surface area contributed by atoms with Crippen LogP contribution in [0.4, 0.5) is 15.8 Å². The summed E-state index contributed by atoms with van der Waals surface area (Å²) in [6.07, 6.45) is 1.27. The maximum absolute atomic E-state index is 13.5. The first-order chi connectivity index (χ1) is 8.95. The van der Waals surface area contributed by atoms with Crippen molar-refractivity contribution in [1.82, 2.24) is 0 Å². The topological polar surface area (TPSA) is 98.3 Å². The van der Waals surface area contributed by atoms with Gasteiger partial charge in [0.15, 0.2) is 0 Å². The van der Waals surface area contributed by atoms with Gasteiger partial charge in [0.25, 0.3) is 5.69 Å². The van der Waals surface area contributed by atoms with Crippen LogP contribution in [0.3, 0.4) is 0 Å². The molecule has 6 nitrogen and oxygen atoms in total. The van der Waals surface area contributed by atoms with E-state index in [2.05, 4.69) is 5.32 Å². The smallest absolute Gasteiger partial charge is 0.271 e. The average Bonchev–Trinajstić information content (AvgIpc) is 2.38. The Bertz CT molecular complexity index is 479. The molecule has 7 heteroatoms. The summed E-state index contributed by atoms with van der Waals surface area (Å²) in [4.78, 5) is 21.7. The molecular formula is C12H16FN3O3. The van der Waals surface area contributed by atoms with E-state index in [4.69, 9.17) is 5.73 Å². The number of non-ortho nitro benzene ring substituents is 1. The second kappa shape index (κ2) is 6.79. The van der Waals surface area contributed by atoms with E-state index in [0.29, 0.717) is 19.4 Å². The number of nitrogens with one attached hydrogen (secondary N) is 1. The minimum absolute atomic E-state index is 0.182. The monoisotopic (exact) mass is 269 g/mol. The lowest BCUT2D eigenvalue weighted by Crippen LogP contribution is -2.21. The van der Waals surface area contributed by atoms with Crippen molar-refractivity contribution in [3.8, 4) is 0 Å². The van der Waals surface area contributed by atoms with E-state index in [1.165, 1.54) is 0 Å². The molecule has 0 aliphatic heterocycles. The largest absolute Gasteiger partial charge is 0.330 e. The highest BCUT2D eigenvalue weighted by Crippen LogP contribution is 2.22. The molecule has 0 spiro atoms. The molecule has 0 fully saturated rings. The lowest BCUT2D eigenvalue weighted by molar-refractivity contribution is -0.384. The summed E-state index contributed by atoms with van der Waals surface area (Å²) >= 11 is 0. The zero-order chi connectivity index (χ0) is 14.4. The maximum Gasteiger partial charge on any atom is 0.271 e. The van der Waals surface area contributed by atoms with Crippen LogP contribution in [-0.4, -0.2) is 17.4 Å². The lowest BCUT2D eigenvalue weighted by Gasteiger charge is -2.12. The SMILES string of the molecule is CC(CCCN)C(=O)Nc1cc([N+](=O)[O-])ccc1F. The number of anilines is 1. The first-order valence-electron chi connectivity index (χ1n) is 5.90. The van der Waals surface area contributed by atoms with Gasteiger partial charge in [-0.3, -0.25) is 14.9 Å². The number of nitrogens with zero attached hydrogens (tertiary/aromatic N) is 1. The summed E-state index contributed by atoms with van der Waals surface area (Å²) in [6, 6.07) is 3.00. The van der Waals surface area contributed by atoms with Crippen molar-refractivity contribution in [2.24, 2.45) is 11.7 Å². The fourth-order valence-corrected chi connectivity index (χ4v) is 1.53. The van der Waals surface area contributed by atoms with Crippen LogP contribution in [-0.2, 0) is 4.79 Å². The summed E-state index contributed by atoms with van der Waals surface area (Å²) in [5.74, 6) is -1.42. The molecule has 3 N–H and O–H groups in total. The van der Waals surface area contributed by atoms with E-state index in [0.717, 1.165) is 18.2 Å². The molecule has 19 heavy (non-hydrogen) atoms. The van der Waals surface area contributed by atoms with E-state index in [1.807, 2.05) is 0 Å². The van der Waals surface area contributed by atoms with E-state index < -0.39 is 10.7 Å². The average molecular weight is 269 g/mol. The highest BCUT2D eigenvalue weighted by molar-refractivity contribution is 5.92. The predicted molar refractivity (Wildman–Crippen MR) is 69.1 cm³/mol. The van der Waals surface area contributed by atoms with Gasteiger partial charge < -0.3 is 11.1 Å². The Kier molecular flexibility index (Phi) is 5.37. The van der Waals surface area contributed by atoms with Crippen LogP contribution in [0.25, 0.3) is 0 Å². The number of hydrogen-bond donors (Lipinski definition) is 2. The Morgan fingerprint density at radius 1 is 1.58 bits per heavy atom. The molecule has 0 aliphatic carbocycles. The molecule has 1 rings (SSSR count). The molecular weight excluding hydrogens is 253 g/mol. The Balaban J connectivity index is 2.78. The van der Waals surface area contributed by atoms with E-state index in [-0.39, 0.29) is 23.2 Å². The van der Waals surface area contributed by atoms with Gasteiger partial charge in [0, 0.05) is 18.1 Å². The predicted octanol–water partition coefficient (Wildman–Crippen LogP) is 2.05. The van der Waals surface area contributed by atoms with Gasteiger partial charge in [-0.2, -0.15) is 0 Å². The van der Waals surface area contributed by atoms with Gasteiger partial charge in [0.05, 0.1) is 10.6 Å². The van der Waals surface area contributed by atoms with Crippen molar-refractivity contribution >= 4 is 17.3 Å². The Labute approximate surface area is 109 Å². The molecule has 1 atom stereocenters. The van der Waals surface area contributed by atoms with Crippen molar-refractivity contribution in [2.75, 3.05) is 11.9 Å². The second-order valence-corrected chi connectivity index (χ2v) is 4.24. The van der Waals surface area contributed by atoms with Crippen molar-refractivity contribution < 1.29 is 14.1 Å². The highest BCUT2D eigenvalue weighted by Gasteiger charge is 2.16. The first-order valence-corrected chi connectivity index (χ1v) is 5.90. The fraction of sp³-hybridized carbons (Fsp3) is 0.417. The molecule has 104 valence electrons. The number of carbonyl (C=O) groups excluding carboxylic acids is 1. The van der Waals surface area contributed by atoms with Crippen LogP contribution in [0.2, 0.25) is 0 Å². The number of carbonyl (C=O) groups is 1. The minimum Gasteiger partial charge on any atom is -0.330 e. The van der Waals surface area contributed by atoms with Gasteiger partial charge in [-0.25, -0.2) is 4.39 Å². The Morgan fingerprint density at radius 3 is 2.84 bits per heavy atom. The van der Waals surface area contributed by atoms with Crippen LogP contribution in [0.1, 0.15) is 19.8 Å². The minimum atomic E-state index is -0.704. The summed E-state index contributed by atoms with van der Waals surface area (Å²) in [6.45, 7) is 2.17. The molecule has 0 saturated heterocycles. The highest BCUT2D eigenvalue weighted by atomic mass is 19.1. The zero-order valence-electron chi connectivity index (χ0n) is 10.6. The number of nitro groups is 1. The molecule has 0 aliphatic rings. The molecule has 1 unspecified atom stereocenters. The number of halogens is 1. The van der Waals surface area contributed by atoms with Gasteiger partial charge in [0.2, 0.25) is 5.91 Å².